The highest BCUT2D eigenvalue weighted by atomic mass is 79.9. The van der Waals surface area contributed by atoms with E-state index in [2.05, 4.69) is 43.8 Å². The molecule has 1 aromatic heterocycles. The molecule has 142 valence electrons. The van der Waals surface area contributed by atoms with E-state index in [1.807, 2.05) is 0 Å². The number of pyridine rings is 1. The number of hydrogen-bond donors (Lipinski definition) is 1. The van der Waals surface area contributed by atoms with Crippen LogP contribution in [-0.2, 0) is 13.5 Å². The minimum atomic E-state index is 0. The second kappa shape index (κ2) is 17.4. The molecular formula is C21H42BrN2+. The Balaban J connectivity index is 0. The van der Waals surface area contributed by atoms with Crippen molar-refractivity contribution in [3.05, 3.63) is 29.6 Å². The van der Waals surface area contributed by atoms with Gasteiger partial charge in [-0.05, 0) is 18.9 Å². The molecule has 1 heterocycles. The molecule has 0 aliphatic heterocycles. The van der Waals surface area contributed by atoms with E-state index in [-0.39, 0.29) is 23.1 Å². The number of unbranched alkanes of at least 4 members (excludes halogenated alkanes) is 11. The lowest BCUT2D eigenvalue weighted by Gasteiger charge is -2.04. The summed E-state index contributed by atoms with van der Waals surface area (Å²) in [6, 6.07) is 4.46. The minimum Gasteiger partial charge on any atom is -0.344 e. The average molecular weight is 402 g/mol. The van der Waals surface area contributed by atoms with Gasteiger partial charge in [0.05, 0.1) is 0 Å². The fraction of sp³-hybridized carbons (Fsp3) is 0.762. The van der Waals surface area contributed by atoms with Gasteiger partial charge in [-0.15, -0.1) is 17.0 Å². The normalized spacial score (nSPS) is 10.1. The highest BCUT2D eigenvalue weighted by Gasteiger charge is 2.06. The number of halogens is 1. The maximum atomic E-state index is 2.29. The second-order valence-corrected chi connectivity index (χ2v) is 6.87. The molecule has 0 aromatic carbocycles. The van der Waals surface area contributed by atoms with Crippen molar-refractivity contribution in [1.29, 1.82) is 0 Å². The van der Waals surface area contributed by atoms with Gasteiger partial charge in [-0.3, -0.25) is 0 Å². The van der Waals surface area contributed by atoms with Crippen molar-refractivity contribution in [2.45, 2.75) is 97.3 Å². The van der Waals surface area contributed by atoms with Crippen molar-refractivity contribution in [1.82, 2.24) is 6.15 Å². The van der Waals surface area contributed by atoms with Crippen LogP contribution in [0.15, 0.2) is 18.3 Å². The summed E-state index contributed by atoms with van der Waals surface area (Å²) < 4.78 is 2.23. The van der Waals surface area contributed by atoms with Gasteiger partial charge in [0.2, 0.25) is 0 Å². The van der Waals surface area contributed by atoms with Gasteiger partial charge in [-0.1, -0.05) is 77.6 Å². The minimum absolute atomic E-state index is 0. The topological polar surface area (TPSA) is 38.9 Å². The fourth-order valence-electron chi connectivity index (χ4n) is 3.17. The monoisotopic (exact) mass is 401 g/mol. The summed E-state index contributed by atoms with van der Waals surface area (Å²) >= 11 is 0. The second-order valence-electron chi connectivity index (χ2n) is 6.87. The number of rotatable bonds is 13. The molecule has 0 bridgehead atoms. The molecule has 0 radical (unpaired) electrons. The highest BCUT2D eigenvalue weighted by molar-refractivity contribution is 8.93. The summed E-state index contributed by atoms with van der Waals surface area (Å²) in [7, 11) is 2.14. The molecule has 1 aromatic rings. The molecule has 0 saturated carbocycles. The molecule has 0 aliphatic rings. The zero-order chi connectivity index (χ0) is 16.0. The van der Waals surface area contributed by atoms with Gasteiger partial charge in [0.1, 0.15) is 7.05 Å². The van der Waals surface area contributed by atoms with E-state index in [9.17, 15) is 0 Å². The van der Waals surface area contributed by atoms with Gasteiger partial charge >= 0.3 is 0 Å². The van der Waals surface area contributed by atoms with Crippen molar-refractivity contribution in [3.63, 3.8) is 0 Å². The average Bonchev–Trinajstić information content (AvgIpc) is 2.52. The Labute approximate surface area is 161 Å². The molecule has 24 heavy (non-hydrogen) atoms. The summed E-state index contributed by atoms with van der Waals surface area (Å²) in [6.07, 6.45) is 20.5. The van der Waals surface area contributed by atoms with E-state index in [0.29, 0.717) is 0 Å². The first kappa shape index (κ1) is 25.8. The first-order chi connectivity index (χ1) is 10.8. The smallest absolute Gasteiger partial charge is 0.181 e. The molecule has 0 saturated heterocycles. The summed E-state index contributed by atoms with van der Waals surface area (Å²) in [4.78, 5) is 0. The van der Waals surface area contributed by atoms with Gasteiger partial charge in [0, 0.05) is 18.6 Å². The number of nitrogens with zero attached hydrogens (tertiary/aromatic N) is 1. The lowest BCUT2D eigenvalue weighted by Crippen LogP contribution is -2.32. The van der Waals surface area contributed by atoms with E-state index in [0.717, 1.165) is 0 Å². The molecular weight excluding hydrogens is 360 g/mol. The first-order valence-electron chi connectivity index (χ1n) is 9.70. The Bertz CT molecular complexity index is 393. The van der Waals surface area contributed by atoms with Crippen LogP contribution in [0.1, 0.15) is 95.2 Å². The number of aryl methyl sites for hydroxylation is 2. The Morgan fingerprint density at radius 1 is 0.792 bits per heavy atom. The van der Waals surface area contributed by atoms with Crippen molar-refractivity contribution in [2.75, 3.05) is 0 Å². The molecule has 0 atom stereocenters. The Morgan fingerprint density at radius 2 is 1.25 bits per heavy atom. The summed E-state index contributed by atoms with van der Waals surface area (Å²) in [5.74, 6) is 0. The van der Waals surface area contributed by atoms with Crippen LogP contribution in [0.25, 0.3) is 0 Å². The van der Waals surface area contributed by atoms with Gasteiger partial charge in [-0.25, -0.2) is 4.57 Å². The Morgan fingerprint density at radius 3 is 1.75 bits per heavy atom. The molecule has 2 nitrogen and oxygen atoms in total. The molecule has 0 unspecified atom stereocenters. The number of hydrogen-bond acceptors (Lipinski definition) is 1. The third kappa shape index (κ3) is 12.0. The van der Waals surface area contributed by atoms with E-state index < -0.39 is 0 Å². The molecule has 3 heteroatoms. The van der Waals surface area contributed by atoms with Crippen LogP contribution in [-0.4, -0.2) is 0 Å². The Hall–Kier alpha value is -0.410. The first-order valence-corrected chi connectivity index (χ1v) is 9.70. The predicted octanol–water partition coefficient (Wildman–Crippen LogP) is 6.80. The zero-order valence-corrected chi connectivity index (χ0v) is 18.2. The molecule has 1 rings (SSSR count). The van der Waals surface area contributed by atoms with Crippen LogP contribution in [0.2, 0.25) is 0 Å². The third-order valence-electron chi connectivity index (χ3n) is 4.90. The highest BCUT2D eigenvalue weighted by Crippen LogP contribution is 2.13. The van der Waals surface area contributed by atoms with Gasteiger partial charge in [0.25, 0.3) is 0 Å². The maximum absolute atomic E-state index is 2.29. The number of aromatic nitrogens is 1. The zero-order valence-electron chi connectivity index (χ0n) is 16.5. The third-order valence-corrected chi connectivity index (χ3v) is 4.90. The van der Waals surface area contributed by atoms with E-state index in [1.165, 1.54) is 94.7 Å². The summed E-state index contributed by atoms with van der Waals surface area (Å²) in [5.41, 5.74) is 2.95. The largest absolute Gasteiger partial charge is 0.344 e. The Kier molecular flexibility index (Phi) is 18.7. The van der Waals surface area contributed by atoms with Crippen LogP contribution >= 0.6 is 17.0 Å². The van der Waals surface area contributed by atoms with Crippen molar-refractivity contribution in [2.24, 2.45) is 7.05 Å². The van der Waals surface area contributed by atoms with Crippen LogP contribution in [0.5, 0.6) is 0 Å². The SMILES string of the molecule is Br.CCCCCCCCCCCCCCc1ccc[n+](C)c1C.N. The van der Waals surface area contributed by atoms with E-state index in [4.69, 9.17) is 0 Å². The lowest BCUT2D eigenvalue weighted by atomic mass is 10.0. The molecule has 3 N–H and O–H groups in total. The van der Waals surface area contributed by atoms with Gasteiger partial charge in [0.15, 0.2) is 11.9 Å². The summed E-state index contributed by atoms with van der Waals surface area (Å²) in [5, 5.41) is 0. The summed E-state index contributed by atoms with van der Waals surface area (Å²) in [6.45, 7) is 4.52. The van der Waals surface area contributed by atoms with Gasteiger partial charge < -0.3 is 6.15 Å². The van der Waals surface area contributed by atoms with Crippen molar-refractivity contribution >= 4 is 17.0 Å². The fourth-order valence-corrected chi connectivity index (χ4v) is 3.17. The standard InChI is InChI=1S/C21H38N.BrH.H3N/c1-4-5-6-7-8-9-10-11-12-13-14-15-17-21-18-16-19-22(3)20(21)2;;/h16,18-19H,4-15,17H2,1-3H3;1H;1H3/q+1;;. The van der Waals surface area contributed by atoms with Crippen LogP contribution in [0.4, 0.5) is 0 Å². The molecule has 0 fully saturated rings. The maximum Gasteiger partial charge on any atom is 0.181 e. The molecule has 0 spiro atoms. The molecule has 0 aliphatic carbocycles. The van der Waals surface area contributed by atoms with E-state index in [1.54, 1.807) is 0 Å². The van der Waals surface area contributed by atoms with E-state index >= 15 is 0 Å². The van der Waals surface area contributed by atoms with Crippen LogP contribution in [0, 0.1) is 6.92 Å². The quantitative estimate of drug-likeness (QED) is 0.286. The van der Waals surface area contributed by atoms with Crippen LogP contribution < -0.4 is 10.7 Å². The van der Waals surface area contributed by atoms with Crippen molar-refractivity contribution in [3.8, 4) is 0 Å². The predicted molar refractivity (Wildman–Crippen MR) is 112 cm³/mol. The lowest BCUT2D eigenvalue weighted by molar-refractivity contribution is -0.678. The molecule has 0 amide bonds. The van der Waals surface area contributed by atoms with Gasteiger partial charge in [-0.2, -0.15) is 0 Å². The van der Waals surface area contributed by atoms with Crippen molar-refractivity contribution < 1.29 is 4.57 Å². The van der Waals surface area contributed by atoms with Crippen LogP contribution in [0.3, 0.4) is 0 Å².